The molecule has 2 N–H and O–H groups in total. The van der Waals surface area contributed by atoms with Crippen molar-refractivity contribution in [2.24, 2.45) is 5.92 Å². The maximum Gasteiger partial charge on any atom is 0.227 e. The lowest BCUT2D eigenvalue weighted by molar-refractivity contribution is -0.119. The fourth-order valence-electron chi connectivity index (χ4n) is 5.33. The number of ether oxygens (including phenoxy) is 1. The van der Waals surface area contributed by atoms with E-state index in [0.29, 0.717) is 30.0 Å². The molecule has 2 unspecified atom stereocenters. The summed E-state index contributed by atoms with van der Waals surface area (Å²) in [7, 11) is 0. The number of hydrogen-bond acceptors (Lipinski definition) is 6. The zero-order chi connectivity index (χ0) is 27.6. The van der Waals surface area contributed by atoms with Crippen molar-refractivity contribution in [3.8, 4) is 16.9 Å². The van der Waals surface area contributed by atoms with E-state index in [-0.39, 0.29) is 23.8 Å². The number of amides is 2. The normalized spacial score (nSPS) is 16.5. The summed E-state index contributed by atoms with van der Waals surface area (Å²) < 4.78 is 6.27. The van der Waals surface area contributed by atoms with Crippen LogP contribution in [-0.2, 0) is 16.0 Å². The van der Waals surface area contributed by atoms with Gasteiger partial charge in [0.2, 0.25) is 11.8 Å². The Morgan fingerprint density at radius 1 is 1.05 bits per heavy atom. The molecule has 202 valence electrons. The summed E-state index contributed by atoms with van der Waals surface area (Å²) in [6, 6.07) is 19.7. The molecule has 0 saturated carbocycles. The molecule has 2 aromatic carbocycles. The van der Waals surface area contributed by atoms with E-state index in [9.17, 15) is 9.59 Å². The quantitative estimate of drug-likeness (QED) is 0.290. The van der Waals surface area contributed by atoms with Gasteiger partial charge < -0.3 is 20.3 Å². The number of benzene rings is 2. The summed E-state index contributed by atoms with van der Waals surface area (Å²) >= 11 is 0. The molecular weight excluding hydrogens is 502 g/mol. The molecule has 0 aliphatic carbocycles. The summed E-state index contributed by atoms with van der Waals surface area (Å²) in [5, 5.41) is 6.28. The predicted molar refractivity (Wildman–Crippen MR) is 156 cm³/mol. The molecule has 8 heteroatoms. The van der Waals surface area contributed by atoms with Crippen molar-refractivity contribution in [1.82, 2.24) is 9.97 Å². The highest BCUT2D eigenvalue weighted by atomic mass is 16.5. The van der Waals surface area contributed by atoms with E-state index in [0.717, 1.165) is 46.7 Å². The number of hydrogen-bond donors (Lipinski definition) is 2. The Morgan fingerprint density at radius 3 is 2.67 bits per heavy atom. The van der Waals surface area contributed by atoms with Crippen molar-refractivity contribution in [1.29, 1.82) is 0 Å². The average Bonchev–Trinajstić information content (AvgIpc) is 3.39. The number of nitrogens with one attached hydrogen (secondary N) is 2. The third-order valence-electron chi connectivity index (χ3n) is 7.43. The van der Waals surface area contributed by atoms with Gasteiger partial charge in [-0.15, -0.1) is 0 Å². The second kappa shape index (κ2) is 10.8. The fourth-order valence-corrected chi connectivity index (χ4v) is 5.33. The molecule has 0 radical (unpaired) electrons. The minimum absolute atomic E-state index is 0.0587. The molecule has 1 saturated heterocycles. The minimum Gasteiger partial charge on any atom is -0.485 e. The van der Waals surface area contributed by atoms with Gasteiger partial charge in [0.05, 0.1) is 23.8 Å². The van der Waals surface area contributed by atoms with Crippen molar-refractivity contribution in [2.45, 2.75) is 39.2 Å². The van der Waals surface area contributed by atoms with Crippen LogP contribution in [0.3, 0.4) is 0 Å². The number of anilines is 4. The summed E-state index contributed by atoms with van der Waals surface area (Å²) in [5.41, 5.74) is 6.31. The van der Waals surface area contributed by atoms with Gasteiger partial charge in [-0.25, -0.2) is 4.98 Å². The molecule has 0 spiro atoms. The van der Waals surface area contributed by atoms with Gasteiger partial charge in [-0.3, -0.25) is 14.6 Å². The topological polar surface area (TPSA) is 96.5 Å². The van der Waals surface area contributed by atoms with Crippen molar-refractivity contribution in [3.63, 3.8) is 0 Å². The Bertz CT molecular complexity index is 1570. The first-order chi connectivity index (χ1) is 19.4. The maximum atomic E-state index is 12.8. The van der Waals surface area contributed by atoms with Crippen molar-refractivity contribution >= 4 is 34.7 Å². The van der Waals surface area contributed by atoms with Gasteiger partial charge in [-0.2, -0.15) is 0 Å². The number of carbonyl (C=O) groups excluding carboxylic acids is 2. The van der Waals surface area contributed by atoms with E-state index in [1.807, 2.05) is 85.6 Å². The number of rotatable bonds is 7. The van der Waals surface area contributed by atoms with Crippen LogP contribution in [-0.4, -0.2) is 28.3 Å². The Hall–Kier alpha value is -4.72. The largest absolute Gasteiger partial charge is 0.485 e. The van der Waals surface area contributed by atoms with E-state index >= 15 is 0 Å². The molecule has 6 rings (SSSR count). The maximum absolute atomic E-state index is 12.8. The lowest BCUT2D eigenvalue weighted by Gasteiger charge is -2.28. The standard InChI is InChI=1S/C32H31N5O3/c1-20(13-22-7-4-3-5-8-22)32(39)36-24-14-23(17-33-18-24)35-30-16-27-21(2)40-29-15-25(37-12-6-9-31(37)38)10-11-26(29)28(27)19-34-30/h3-5,7-8,10-11,14-21H,6,9,12-13H2,1-2H3,(H,34,35)(H,36,39). The number of pyridine rings is 2. The van der Waals surface area contributed by atoms with Crippen LogP contribution in [0.15, 0.2) is 79.3 Å². The van der Waals surface area contributed by atoms with Gasteiger partial charge in [-0.05, 0) is 49.6 Å². The van der Waals surface area contributed by atoms with Gasteiger partial charge in [0, 0.05) is 53.5 Å². The minimum atomic E-state index is -0.189. The van der Waals surface area contributed by atoms with E-state index in [2.05, 4.69) is 20.6 Å². The average molecular weight is 534 g/mol. The fraction of sp³-hybridized carbons (Fsp3) is 0.250. The number of fused-ring (bicyclic) bond motifs is 3. The monoisotopic (exact) mass is 533 g/mol. The molecule has 4 aromatic rings. The molecule has 4 heterocycles. The van der Waals surface area contributed by atoms with Crippen LogP contribution in [0.5, 0.6) is 5.75 Å². The molecule has 2 aliphatic rings. The van der Waals surface area contributed by atoms with Crippen molar-refractivity contribution in [2.75, 3.05) is 22.1 Å². The highest BCUT2D eigenvalue weighted by molar-refractivity contribution is 5.96. The molecule has 0 bridgehead atoms. The zero-order valence-electron chi connectivity index (χ0n) is 22.6. The summed E-state index contributed by atoms with van der Waals surface area (Å²) in [5.74, 6) is 1.32. The summed E-state index contributed by atoms with van der Waals surface area (Å²) in [4.78, 5) is 35.8. The van der Waals surface area contributed by atoms with E-state index in [1.54, 1.807) is 12.4 Å². The lowest BCUT2D eigenvalue weighted by atomic mass is 9.94. The first-order valence-corrected chi connectivity index (χ1v) is 13.6. The number of aromatic nitrogens is 2. The molecule has 2 aromatic heterocycles. The van der Waals surface area contributed by atoms with Crippen LogP contribution in [0.4, 0.5) is 22.9 Å². The molecule has 40 heavy (non-hydrogen) atoms. The third kappa shape index (κ3) is 5.25. The Morgan fingerprint density at radius 2 is 1.88 bits per heavy atom. The molecular formula is C32H31N5O3. The van der Waals surface area contributed by atoms with Gasteiger partial charge >= 0.3 is 0 Å². The van der Waals surface area contributed by atoms with E-state index in [1.165, 1.54) is 0 Å². The Balaban J connectivity index is 1.16. The molecule has 2 atom stereocenters. The van der Waals surface area contributed by atoms with E-state index in [4.69, 9.17) is 4.74 Å². The Labute approximate surface area is 233 Å². The van der Waals surface area contributed by atoms with Gasteiger partial charge in [0.1, 0.15) is 17.7 Å². The summed E-state index contributed by atoms with van der Waals surface area (Å²) in [6.45, 7) is 4.67. The second-order valence-electron chi connectivity index (χ2n) is 10.4. The number of carbonyl (C=O) groups is 2. The smallest absolute Gasteiger partial charge is 0.227 e. The predicted octanol–water partition coefficient (Wildman–Crippen LogP) is 6.28. The SMILES string of the molecule is CC(Cc1ccccc1)C(=O)Nc1cncc(Nc2cc3c(cn2)-c2ccc(N4CCCC4=O)cc2OC3C)c1. The van der Waals surface area contributed by atoms with Crippen LogP contribution in [0.2, 0.25) is 0 Å². The lowest BCUT2D eigenvalue weighted by Crippen LogP contribution is -2.24. The van der Waals surface area contributed by atoms with Crippen LogP contribution in [0, 0.1) is 5.92 Å². The van der Waals surface area contributed by atoms with Gasteiger partial charge in [-0.1, -0.05) is 37.3 Å². The first kappa shape index (κ1) is 25.6. The van der Waals surface area contributed by atoms with Crippen LogP contribution >= 0.6 is 0 Å². The molecule has 2 amide bonds. The van der Waals surface area contributed by atoms with E-state index < -0.39 is 0 Å². The highest BCUT2D eigenvalue weighted by Gasteiger charge is 2.27. The number of nitrogens with zero attached hydrogens (tertiary/aromatic N) is 3. The van der Waals surface area contributed by atoms with Crippen LogP contribution in [0.25, 0.3) is 11.1 Å². The molecule has 2 aliphatic heterocycles. The van der Waals surface area contributed by atoms with Crippen LogP contribution in [0.1, 0.15) is 43.9 Å². The third-order valence-corrected chi connectivity index (χ3v) is 7.43. The second-order valence-corrected chi connectivity index (χ2v) is 10.4. The van der Waals surface area contributed by atoms with Crippen molar-refractivity contribution < 1.29 is 14.3 Å². The summed E-state index contributed by atoms with van der Waals surface area (Å²) in [6.07, 6.45) is 7.13. The van der Waals surface area contributed by atoms with Crippen LogP contribution < -0.4 is 20.3 Å². The molecule has 8 nitrogen and oxygen atoms in total. The first-order valence-electron chi connectivity index (χ1n) is 13.6. The van der Waals surface area contributed by atoms with Gasteiger partial charge in [0.25, 0.3) is 0 Å². The van der Waals surface area contributed by atoms with Crippen molar-refractivity contribution in [3.05, 3.63) is 90.4 Å². The molecule has 1 fully saturated rings. The Kier molecular flexibility index (Phi) is 6.90. The highest BCUT2D eigenvalue weighted by Crippen LogP contribution is 2.44. The van der Waals surface area contributed by atoms with Gasteiger partial charge in [0.15, 0.2) is 0 Å². The zero-order valence-corrected chi connectivity index (χ0v) is 22.6.